The zero-order valence-corrected chi connectivity index (χ0v) is 12.7. The third kappa shape index (κ3) is 2.92. The second-order valence-electron chi connectivity index (χ2n) is 4.60. The summed E-state index contributed by atoms with van der Waals surface area (Å²) in [7, 11) is -3.02. The van der Waals surface area contributed by atoms with Crippen LogP contribution in [0.5, 0.6) is 0 Å². The first-order valence-electron chi connectivity index (χ1n) is 5.81. The maximum Gasteiger partial charge on any atom is 0.338 e. The Morgan fingerprint density at radius 1 is 1.47 bits per heavy atom. The highest BCUT2D eigenvalue weighted by atomic mass is 79.9. The van der Waals surface area contributed by atoms with Crippen molar-refractivity contribution in [2.24, 2.45) is 0 Å². The Morgan fingerprint density at radius 2 is 2.16 bits per heavy atom. The molecule has 2 rings (SSSR count). The van der Waals surface area contributed by atoms with Crippen molar-refractivity contribution >= 4 is 37.4 Å². The number of rotatable bonds is 2. The van der Waals surface area contributed by atoms with Crippen molar-refractivity contribution in [1.82, 2.24) is 0 Å². The monoisotopic (exact) mass is 347 g/mol. The van der Waals surface area contributed by atoms with E-state index in [0.29, 0.717) is 16.7 Å². The van der Waals surface area contributed by atoms with Crippen LogP contribution in [0.15, 0.2) is 22.7 Å². The molecule has 1 fully saturated rings. The Morgan fingerprint density at radius 3 is 2.74 bits per heavy atom. The van der Waals surface area contributed by atoms with Gasteiger partial charge in [-0.15, -0.1) is 0 Å². The molecule has 0 spiro atoms. The van der Waals surface area contributed by atoms with Gasteiger partial charge >= 0.3 is 5.97 Å². The average Bonchev–Trinajstić information content (AvgIpc) is 2.26. The molecule has 7 heteroatoms. The minimum Gasteiger partial charge on any atom is -0.478 e. The SMILES string of the molecule is CC1CS(=O)(=O)CCN1c1cccc(Br)c1C(=O)O. The molecule has 0 bridgehead atoms. The van der Waals surface area contributed by atoms with Crippen molar-refractivity contribution in [3.63, 3.8) is 0 Å². The Balaban J connectivity index is 2.43. The largest absolute Gasteiger partial charge is 0.478 e. The Kier molecular flexibility index (Phi) is 3.87. The number of carboxylic acids is 1. The third-order valence-corrected chi connectivity index (χ3v) is 5.64. The van der Waals surface area contributed by atoms with Gasteiger partial charge in [0, 0.05) is 17.1 Å². The fraction of sp³-hybridized carbons (Fsp3) is 0.417. The minimum absolute atomic E-state index is 0.0541. The van der Waals surface area contributed by atoms with Crippen molar-refractivity contribution in [2.45, 2.75) is 13.0 Å². The van der Waals surface area contributed by atoms with Crippen LogP contribution >= 0.6 is 15.9 Å². The van der Waals surface area contributed by atoms with Crippen molar-refractivity contribution in [2.75, 3.05) is 23.0 Å². The fourth-order valence-corrected chi connectivity index (χ4v) is 4.40. The molecule has 0 saturated carbocycles. The summed E-state index contributed by atoms with van der Waals surface area (Å²) in [6.45, 7) is 2.11. The van der Waals surface area contributed by atoms with Crippen LogP contribution in [0.25, 0.3) is 0 Å². The predicted molar refractivity (Wildman–Crippen MR) is 76.6 cm³/mol. The molecule has 104 valence electrons. The summed E-state index contributed by atoms with van der Waals surface area (Å²) in [5, 5.41) is 9.29. The molecule has 1 aromatic rings. The molecule has 0 aromatic heterocycles. The molecule has 1 heterocycles. The summed E-state index contributed by atoms with van der Waals surface area (Å²) in [6.07, 6.45) is 0. The van der Waals surface area contributed by atoms with E-state index < -0.39 is 15.8 Å². The molecular formula is C12H14BrNO4S. The second kappa shape index (κ2) is 5.13. The second-order valence-corrected chi connectivity index (χ2v) is 7.68. The zero-order chi connectivity index (χ0) is 14.2. The van der Waals surface area contributed by atoms with Gasteiger partial charge in [0.05, 0.1) is 22.8 Å². The van der Waals surface area contributed by atoms with Crippen LogP contribution in [0.1, 0.15) is 17.3 Å². The molecule has 0 aliphatic carbocycles. The van der Waals surface area contributed by atoms with Gasteiger partial charge in [-0.2, -0.15) is 0 Å². The lowest BCUT2D eigenvalue weighted by Crippen LogP contribution is -2.47. The summed E-state index contributed by atoms with van der Waals surface area (Å²) in [5.74, 6) is -0.912. The fourth-order valence-electron chi connectivity index (χ4n) is 2.32. The average molecular weight is 348 g/mol. The van der Waals surface area contributed by atoms with E-state index in [1.165, 1.54) is 0 Å². The van der Waals surface area contributed by atoms with E-state index >= 15 is 0 Å². The Bertz CT molecular complexity index is 614. The smallest absolute Gasteiger partial charge is 0.338 e. The first kappa shape index (κ1) is 14.3. The number of carboxylic acid groups (broad SMARTS) is 1. The number of halogens is 1. The van der Waals surface area contributed by atoms with Crippen molar-refractivity contribution in [1.29, 1.82) is 0 Å². The first-order valence-corrected chi connectivity index (χ1v) is 8.42. The molecule has 0 radical (unpaired) electrons. The lowest BCUT2D eigenvalue weighted by molar-refractivity contribution is 0.0696. The molecule has 1 unspecified atom stereocenters. The van der Waals surface area contributed by atoms with E-state index in [1.807, 2.05) is 4.90 Å². The third-order valence-electron chi connectivity index (χ3n) is 3.19. The molecule has 1 saturated heterocycles. The molecule has 0 amide bonds. The number of anilines is 1. The van der Waals surface area contributed by atoms with Crippen LogP contribution in [0, 0.1) is 0 Å². The van der Waals surface area contributed by atoms with E-state index in [-0.39, 0.29) is 23.1 Å². The van der Waals surface area contributed by atoms with Gasteiger partial charge in [0.25, 0.3) is 0 Å². The summed E-state index contributed by atoms with van der Waals surface area (Å²) >= 11 is 3.23. The number of benzene rings is 1. The van der Waals surface area contributed by atoms with E-state index in [1.54, 1.807) is 25.1 Å². The lowest BCUT2D eigenvalue weighted by atomic mass is 10.1. The normalized spacial score (nSPS) is 22.2. The van der Waals surface area contributed by atoms with E-state index in [2.05, 4.69) is 15.9 Å². The molecular weight excluding hydrogens is 334 g/mol. The lowest BCUT2D eigenvalue weighted by Gasteiger charge is -2.36. The molecule has 1 aromatic carbocycles. The number of hydrogen-bond donors (Lipinski definition) is 1. The molecule has 1 N–H and O–H groups in total. The van der Waals surface area contributed by atoms with Gasteiger partial charge in [-0.05, 0) is 35.0 Å². The van der Waals surface area contributed by atoms with Crippen molar-refractivity contribution in [3.05, 3.63) is 28.2 Å². The Hall–Kier alpha value is -1.08. The predicted octanol–water partition coefficient (Wildman–Crippen LogP) is 1.77. The highest BCUT2D eigenvalue weighted by molar-refractivity contribution is 9.10. The van der Waals surface area contributed by atoms with Gasteiger partial charge in [-0.1, -0.05) is 6.07 Å². The first-order chi connectivity index (χ1) is 8.82. The van der Waals surface area contributed by atoms with Crippen molar-refractivity contribution < 1.29 is 18.3 Å². The topological polar surface area (TPSA) is 74.7 Å². The quantitative estimate of drug-likeness (QED) is 0.882. The van der Waals surface area contributed by atoms with Gasteiger partial charge in [0.1, 0.15) is 0 Å². The summed E-state index contributed by atoms with van der Waals surface area (Å²) < 4.78 is 23.6. The number of nitrogens with zero attached hydrogens (tertiary/aromatic N) is 1. The maximum atomic E-state index is 11.6. The van der Waals surface area contributed by atoms with Crippen LogP contribution in [0.4, 0.5) is 5.69 Å². The molecule has 19 heavy (non-hydrogen) atoms. The zero-order valence-electron chi connectivity index (χ0n) is 10.3. The van der Waals surface area contributed by atoms with Crippen LogP contribution < -0.4 is 4.90 Å². The highest BCUT2D eigenvalue weighted by Gasteiger charge is 2.30. The Labute approximate surface area is 120 Å². The van der Waals surface area contributed by atoms with Gasteiger partial charge < -0.3 is 10.0 Å². The standard InChI is InChI=1S/C12H14BrNO4S/c1-8-7-19(17,18)6-5-14(8)10-4-2-3-9(13)11(10)12(15)16/h2-4,8H,5-7H2,1H3,(H,15,16). The van der Waals surface area contributed by atoms with Crippen LogP contribution in [-0.4, -0.2) is 43.6 Å². The van der Waals surface area contributed by atoms with Crippen LogP contribution in [-0.2, 0) is 9.84 Å². The van der Waals surface area contributed by atoms with Crippen LogP contribution in [0.3, 0.4) is 0 Å². The van der Waals surface area contributed by atoms with Gasteiger partial charge in [-0.3, -0.25) is 0 Å². The van der Waals surface area contributed by atoms with Gasteiger partial charge in [0.15, 0.2) is 9.84 Å². The van der Waals surface area contributed by atoms with Gasteiger partial charge in [-0.25, -0.2) is 13.2 Å². The minimum atomic E-state index is -3.02. The van der Waals surface area contributed by atoms with E-state index in [0.717, 1.165) is 0 Å². The molecule has 5 nitrogen and oxygen atoms in total. The van der Waals surface area contributed by atoms with Crippen molar-refractivity contribution in [3.8, 4) is 0 Å². The number of aromatic carboxylic acids is 1. The molecule has 1 aliphatic heterocycles. The summed E-state index contributed by atoms with van der Waals surface area (Å²) in [5.41, 5.74) is 0.734. The summed E-state index contributed by atoms with van der Waals surface area (Å²) in [4.78, 5) is 13.2. The van der Waals surface area contributed by atoms with Crippen LogP contribution in [0.2, 0.25) is 0 Å². The number of sulfone groups is 1. The summed E-state index contributed by atoms with van der Waals surface area (Å²) in [6, 6.07) is 4.90. The highest BCUT2D eigenvalue weighted by Crippen LogP contribution is 2.30. The van der Waals surface area contributed by atoms with Gasteiger partial charge in [0.2, 0.25) is 0 Å². The number of carbonyl (C=O) groups is 1. The maximum absolute atomic E-state index is 11.6. The van der Waals surface area contributed by atoms with E-state index in [9.17, 15) is 18.3 Å². The van der Waals surface area contributed by atoms with E-state index in [4.69, 9.17) is 0 Å². The number of hydrogen-bond acceptors (Lipinski definition) is 4. The molecule has 1 aliphatic rings. The molecule has 1 atom stereocenters.